The molecule has 2 fully saturated rings. The molecule has 1 saturated heterocycles. The minimum absolute atomic E-state index is 0.0173. The smallest absolute Gasteiger partial charge is 0.239 e. The Bertz CT molecular complexity index is 272. The van der Waals surface area contributed by atoms with Gasteiger partial charge in [0.2, 0.25) is 5.91 Å². The first kappa shape index (κ1) is 12.8. The first-order valence-corrected chi connectivity index (χ1v) is 6.82. The van der Waals surface area contributed by atoms with Crippen LogP contribution in [-0.4, -0.2) is 61.0 Å². The summed E-state index contributed by atoms with van der Waals surface area (Å²) in [7, 11) is 2.09. The molecule has 0 aromatic heterocycles. The van der Waals surface area contributed by atoms with Crippen molar-refractivity contribution < 1.29 is 4.79 Å². The predicted octanol–water partition coefficient (Wildman–Crippen LogP) is 0.537. The lowest BCUT2D eigenvalue weighted by Gasteiger charge is -2.35. The van der Waals surface area contributed by atoms with Gasteiger partial charge in [-0.3, -0.25) is 9.69 Å². The number of nitrogens with one attached hydrogen (secondary N) is 1. The third kappa shape index (κ3) is 2.99. The topological polar surface area (TPSA) is 35.6 Å². The van der Waals surface area contributed by atoms with Crippen LogP contribution in [0.15, 0.2) is 0 Å². The van der Waals surface area contributed by atoms with E-state index in [1.165, 1.54) is 12.8 Å². The second-order valence-corrected chi connectivity index (χ2v) is 5.49. The maximum atomic E-state index is 12.3. The van der Waals surface area contributed by atoms with E-state index in [0.717, 1.165) is 32.1 Å². The maximum absolute atomic E-state index is 12.3. The van der Waals surface area contributed by atoms with Crippen molar-refractivity contribution in [1.29, 1.82) is 0 Å². The molecule has 0 bridgehead atoms. The number of likely N-dealkylation sites (N-methyl/N-ethyl adjacent to an activating group) is 1. The molecule has 1 amide bonds. The van der Waals surface area contributed by atoms with Crippen LogP contribution < -0.4 is 5.32 Å². The fraction of sp³-hybridized carbons (Fsp3) is 0.923. The first-order chi connectivity index (χ1) is 8.11. The summed E-state index contributed by atoms with van der Waals surface area (Å²) in [5.74, 6) is 1.11. The molecular weight excluding hydrogens is 214 g/mol. The lowest BCUT2D eigenvalue weighted by atomic mass is 10.1. The van der Waals surface area contributed by atoms with Crippen LogP contribution in [0, 0.1) is 5.92 Å². The Labute approximate surface area is 104 Å². The lowest BCUT2D eigenvalue weighted by Crippen LogP contribution is -2.54. The zero-order valence-electron chi connectivity index (χ0n) is 11.3. The van der Waals surface area contributed by atoms with Gasteiger partial charge in [-0.05, 0) is 39.7 Å². The van der Waals surface area contributed by atoms with Crippen molar-refractivity contribution in [2.45, 2.75) is 38.8 Å². The molecule has 2 aliphatic rings. The molecule has 1 N–H and O–H groups in total. The maximum Gasteiger partial charge on any atom is 0.239 e. The summed E-state index contributed by atoms with van der Waals surface area (Å²) in [6.45, 7) is 7.87. The summed E-state index contributed by atoms with van der Waals surface area (Å²) in [6, 6.07) is 0.556. The number of hydrogen-bond acceptors (Lipinski definition) is 3. The van der Waals surface area contributed by atoms with Crippen LogP contribution in [0.5, 0.6) is 0 Å². The van der Waals surface area contributed by atoms with Gasteiger partial charge in [0.1, 0.15) is 0 Å². The van der Waals surface area contributed by atoms with Gasteiger partial charge in [0.15, 0.2) is 0 Å². The van der Waals surface area contributed by atoms with Crippen molar-refractivity contribution >= 4 is 5.91 Å². The lowest BCUT2D eigenvalue weighted by molar-refractivity contribution is -0.137. The van der Waals surface area contributed by atoms with Crippen LogP contribution >= 0.6 is 0 Å². The summed E-state index contributed by atoms with van der Waals surface area (Å²) in [5.41, 5.74) is 0. The van der Waals surface area contributed by atoms with E-state index in [0.29, 0.717) is 11.9 Å². The molecule has 1 aliphatic carbocycles. The van der Waals surface area contributed by atoms with E-state index in [1.807, 2.05) is 11.8 Å². The molecule has 2 rings (SSSR count). The van der Waals surface area contributed by atoms with Crippen molar-refractivity contribution in [2.75, 3.05) is 33.2 Å². The number of rotatable bonds is 4. The van der Waals surface area contributed by atoms with Crippen LogP contribution in [0.3, 0.4) is 0 Å². The molecule has 4 heteroatoms. The normalized spacial score (nSPS) is 24.8. The van der Waals surface area contributed by atoms with Crippen molar-refractivity contribution in [1.82, 2.24) is 15.1 Å². The Morgan fingerprint density at radius 3 is 2.41 bits per heavy atom. The summed E-state index contributed by atoms with van der Waals surface area (Å²) < 4.78 is 0. The quantitative estimate of drug-likeness (QED) is 0.777. The summed E-state index contributed by atoms with van der Waals surface area (Å²) in [6.07, 6.45) is 2.67. The minimum Gasteiger partial charge on any atom is -0.339 e. The van der Waals surface area contributed by atoms with Crippen LogP contribution in [0.4, 0.5) is 0 Å². The fourth-order valence-corrected chi connectivity index (χ4v) is 2.59. The van der Waals surface area contributed by atoms with Crippen molar-refractivity contribution in [3.63, 3.8) is 0 Å². The molecule has 1 saturated carbocycles. The zero-order valence-corrected chi connectivity index (χ0v) is 11.3. The van der Waals surface area contributed by atoms with Crippen molar-refractivity contribution in [3.8, 4) is 0 Å². The van der Waals surface area contributed by atoms with E-state index in [1.54, 1.807) is 0 Å². The standard InChI is InChI=1S/C13H25N3O/c1-10(12-4-5-12)15(3)11(2)13(17)16-8-6-14-7-9-16/h10-12,14H,4-9H2,1-3H3. The van der Waals surface area contributed by atoms with Crippen LogP contribution in [0.2, 0.25) is 0 Å². The Kier molecular flexibility index (Phi) is 4.05. The van der Waals surface area contributed by atoms with Gasteiger partial charge in [0.05, 0.1) is 6.04 Å². The number of amides is 1. The first-order valence-electron chi connectivity index (χ1n) is 6.82. The highest BCUT2D eigenvalue weighted by molar-refractivity contribution is 5.81. The van der Waals surface area contributed by atoms with Crippen LogP contribution in [0.1, 0.15) is 26.7 Å². The van der Waals surface area contributed by atoms with Crippen LogP contribution in [-0.2, 0) is 4.79 Å². The van der Waals surface area contributed by atoms with Gasteiger partial charge in [-0.25, -0.2) is 0 Å². The molecule has 0 aromatic carbocycles. The van der Waals surface area contributed by atoms with Gasteiger partial charge in [-0.15, -0.1) is 0 Å². The second-order valence-electron chi connectivity index (χ2n) is 5.49. The SMILES string of the molecule is CC(C(=O)N1CCNCC1)N(C)C(C)C1CC1. The van der Waals surface area contributed by atoms with Gasteiger partial charge in [-0.2, -0.15) is 0 Å². The third-order valence-corrected chi connectivity index (χ3v) is 4.34. The highest BCUT2D eigenvalue weighted by atomic mass is 16.2. The van der Waals surface area contributed by atoms with E-state index in [9.17, 15) is 4.79 Å². The molecule has 1 heterocycles. The molecule has 17 heavy (non-hydrogen) atoms. The largest absolute Gasteiger partial charge is 0.339 e. The molecule has 2 atom stereocenters. The highest BCUT2D eigenvalue weighted by Crippen LogP contribution is 2.35. The Balaban J connectivity index is 1.88. The van der Waals surface area contributed by atoms with E-state index < -0.39 is 0 Å². The second kappa shape index (κ2) is 5.36. The number of piperazine rings is 1. The van der Waals surface area contributed by atoms with E-state index in [-0.39, 0.29) is 6.04 Å². The minimum atomic E-state index is 0.0173. The predicted molar refractivity (Wildman–Crippen MR) is 68.9 cm³/mol. The number of hydrogen-bond donors (Lipinski definition) is 1. The molecule has 1 aliphatic heterocycles. The fourth-order valence-electron chi connectivity index (χ4n) is 2.59. The molecule has 0 aromatic rings. The Morgan fingerprint density at radius 2 is 1.88 bits per heavy atom. The molecule has 4 nitrogen and oxygen atoms in total. The summed E-state index contributed by atoms with van der Waals surface area (Å²) >= 11 is 0. The van der Waals surface area contributed by atoms with Gasteiger partial charge in [-0.1, -0.05) is 0 Å². The highest BCUT2D eigenvalue weighted by Gasteiger charge is 2.35. The van der Waals surface area contributed by atoms with Crippen molar-refractivity contribution in [3.05, 3.63) is 0 Å². The van der Waals surface area contributed by atoms with Crippen molar-refractivity contribution in [2.24, 2.45) is 5.92 Å². The molecule has 2 unspecified atom stereocenters. The average Bonchev–Trinajstić information content (AvgIpc) is 3.20. The third-order valence-electron chi connectivity index (χ3n) is 4.34. The molecule has 98 valence electrons. The number of carbonyl (C=O) groups excluding carboxylic acids is 1. The molecule has 0 spiro atoms. The molecule has 0 radical (unpaired) electrons. The zero-order chi connectivity index (χ0) is 12.4. The van der Waals surface area contributed by atoms with Gasteiger partial charge in [0, 0.05) is 32.2 Å². The van der Waals surface area contributed by atoms with E-state index in [4.69, 9.17) is 0 Å². The van der Waals surface area contributed by atoms with Gasteiger partial charge < -0.3 is 10.2 Å². The van der Waals surface area contributed by atoms with Gasteiger partial charge >= 0.3 is 0 Å². The monoisotopic (exact) mass is 239 g/mol. The van der Waals surface area contributed by atoms with Crippen LogP contribution in [0.25, 0.3) is 0 Å². The van der Waals surface area contributed by atoms with E-state index >= 15 is 0 Å². The average molecular weight is 239 g/mol. The summed E-state index contributed by atoms with van der Waals surface area (Å²) in [5, 5.41) is 3.28. The van der Waals surface area contributed by atoms with Gasteiger partial charge in [0.25, 0.3) is 0 Å². The Morgan fingerprint density at radius 1 is 1.29 bits per heavy atom. The van der Waals surface area contributed by atoms with E-state index in [2.05, 4.69) is 24.2 Å². The molecular formula is C13H25N3O. The Hall–Kier alpha value is -0.610. The summed E-state index contributed by atoms with van der Waals surface area (Å²) in [4.78, 5) is 16.6. The number of nitrogens with zero attached hydrogens (tertiary/aromatic N) is 2. The number of carbonyl (C=O) groups is 1.